The Kier molecular flexibility index (Phi) is 8.36. The highest BCUT2D eigenvalue weighted by molar-refractivity contribution is 7.22. The van der Waals surface area contributed by atoms with Gasteiger partial charge in [-0.15, -0.1) is 11.3 Å². The summed E-state index contributed by atoms with van der Waals surface area (Å²) >= 11 is 2.25. The van der Waals surface area contributed by atoms with Gasteiger partial charge in [0.25, 0.3) is 5.56 Å². The van der Waals surface area contributed by atoms with Crippen molar-refractivity contribution in [2.45, 2.75) is 20.4 Å². The van der Waals surface area contributed by atoms with Gasteiger partial charge in [-0.25, -0.2) is 19.6 Å². The number of anilines is 1. The zero-order chi connectivity index (χ0) is 28.9. The molecule has 0 saturated heterocycles. The SMILES string of the molecule is CCOC(=O)c1ccc2nc(NC(=O)Cn3cnc4sc(C(=O)OCCOc5ccccc5)c(C)c4c3=O)sc2c1. The van der Waals surface area contributed by atoms with Crippen LogP contribution in [0.3, 0.4) is 0 Å². The van der Waals surface area contributed by atoms with Crippen molar-refractivity contribution >= 4 is 66.1 Å². The minimum absolute atomic E-state index is 0.0369. The number of amides is 1. The van der Waals surface area contributed by atoms with Crippen molar-refractivity contribution in [2.24, 2.45) is 0 Å². The Morgan fingerprint density at radius 2 is 1.80 bits per heavy atom. The highest BCUT2D eigenvalue weighted by atomic mass is 32.1. The quantitative estimate of drug-likeness (QED) is 0.184. The van der Waals surface area contributed by atoms with E-state index in [2.05, 4.69) is 15.3 Å². The van der Waals surface area contributed by atoms with Gasteiger partial charge >= 0.3 is 11.9 Å². The first-order chi connectivity index (χ1) is 19.8. The molecule has 1 N–H and O–H groups in total. The van der Waals surface area contributed by atoms with E-state index in [1.54, 1.807) is 44.2 Å². The van der Waals surface area contributed by atoms with Gasteiger partial charge in [0, 0.05) is 0 Å². The summed E-state index contributed by atoms with van der Waals surface area (Å²) in [6.45, 7) is 3.55. The standard InChI is InChI=1S/C28H24N4O7S2/c1-3-37-26(35)17-9-10-19-20(13-17)40-28(30-19)31-21(33)14-32-15-29-24-22(25(32)34)16(2)23(41-24)27(36)39-12-11-38-18-7-5-4-6-8-18/h4-10,13,15H,3,11-12,14H2,1-2H3,(H,30,31,33). The molecular formula is C28H24N4O7S2. The molecule has 11 nitrogen and oxygen atoms in total. The minimum Gasteiger partial charge on any atom is -0.490 e. The number of esters is 2. The van der Waals surface area contributed by atoms with Gasteiger partial charge in [-0.3, -0.25) is 14.2 Å². The van der Waals surface area contributed by atoms with E-state index < -0.39 is 23.4 Å². The zero-order valence-corrected chi connectivity index (χ0v) is 23.7. The molecule has 0 aliphatic carbocycles. The van der Waals surface area contributed by atoms with Gasteiger partial charge in [-0.05, 0) is 49.7 Å². The summed E-state index contributed by atoms with van der Waals surface area (Å²) in [5, 5.41) is 3.26. The minimum atomic E-state index is -0.576. The number of carbonyl (C=O) groups is 3. The van der Waals surface area contributed by atoms with E-state index in [4.69, 9.17) is 14.2 Å². The van der Waals surface area contributed by atoms with Gasteiger partial charge < -0.3 is 19.5 Å². The van der Waals surface area contributed by atoms with Crippen LogP contribution in [0.5, 0.6) is 5.75 Å². The number of nitrogens with zero attached hydrogens (tertiary/aromatic N) is 3. The third-order valence-electron chi connectivity index (χ3n) is 5.89. The highest BCUT2D eigenvalue weighted by Crippen LogP contribution is 2.28. The summed E-state index contributed by atoms with van der Waals surface area (Å²) in [5.41, 5.74) is 0.990. The molecule has 0 aliphatic heterocycles. The Bertz CT molecular complexity index is 1810. The number of carbonyl (C=O) groups excluding carboxylic acids is 3. The summed E-state index contributed by atoms with van der Waals surface area (Å²) in [4.78, 5) is 60.0. The van der Waals surface area contributed by atoms with Crippen LogP contribution in [0.2, 0.25) is 0 Å². The number of ether oxygens (including phenoxy) is 3. The molecule has 13 heteroatoms. The van der Waals surface area contributed by atoms with E-state index >= 15 is 0 Å². The molecular weight excluding hydrogens is 568 g/mol. The fourth-order valence-electron chi connectivity index (χ4n) is 3.98. The van der Waals surface area contributed by atoms with E-state index in [0.29, 0.717) is 37.1 Å². The Hall–Kier alpha value is -4.62. The number of aromatic nitrogens is 3. The largest absolute Gasteiger partial charge is 0.490 e. The molecule has 0 radical (unpaired) electrons. The molecule has 2 aromatic carbocycles. The van der Waals surface area contributed by atoms with Gasteiger partial charge in [0.2, 0.25) is 5.91 Å². The molecule has 0 saturated carbocycles. The molecule has 0 atom stereocenters. The van der Waals surface area contributed by atoms with Crippen LogP contribution in [-0.2, 0) is 20.8 Å². The topological polar surface area (TPSA) is 139 Å². The maximum absolute atomic E-state index is 13.2. The summed E-state index contributed by atoms with van der Waals surface area (Å²) in [6.07, 6.45) is 1.27. The molecule has 0 fully saturated rings. The fourth-order valence-corrected chi connectivity index (χ4v) is 5.93. The van der Waals surface area contributed by atoms with Crippen LogP contribution in [0.15, 0.2) is 59.7 Å². The number of fused-ring (bicyclic) bond motifs is 2. The van der Waals surface area contributed by atoms with Gasteiger partial charge in [-0.1, -0.05) is 29.5 Å². The summed E-state index contributed by atoms with van der Waals surface area (Å²) < 4.78 is 17.8. The second-order valence-electron chi connectivity index (χ2n) is 8.68. The Labute approximate surface area is 241 Å². The molecule has 41 heavy (non-hydrogen) atoms. The molecule has 3 aromatic heterocycles. The molecule has 3 heterocycles. The normalized spacial score (nSPS) is 11.0. The van der Waals surface area contributed by atoms with Gasteiger partial charge in [0.05, 0.1) is 34.1 Å². The Morgan fingerprint density at radius 1 is 1.00 bits per heavy atom. The van der Waals surface area contributed by atoms with Gasteiger partial charge in [0.15, 0.2) is 5.13 Å². The van der Waals surface area contributed by atoms with Crippen molar-refractivity contribution in [1.29, 1.82) is 0 Å². The first kappa shape index (κ1) is 27.9. The van der Waals surface area contributed by atoms with E-state index in [0.717, 1.165) is 11.3 Å². The summed E-state index contributed by atoms with van der Waals surface area (Å²) in [7, 11) is 0. The van der Waals surface area contributed by atoms with Gasteiger partial charge in [0.1, 0.15) is 35.2 Å². The van der Waals surface area contributed by atoms with E-state index in [9.17, 15) is 19.2 Å². The lowest BCUT2D eigenvalue weighted by atomic mass is 10.2. The lowest BCUT2D eigenvalue weighted by molar-refractivity contribution is -0.116. The van der Waals surface area contributed by atoms with Crippen molar-refractivity contribution in [2.75, 3.05) is 25.1 Å². The number of benzene rings is 2. The average molecular weight is 593 g/mol. The van der Waals surface area contributed by atoms with Crippen LogP contribution in [0, 0.1) is 6.92 Å². The number of thiazole rings is 1. The van der Waals surface area contributed by atoms with E-state index in [1.807, 2.05) is 18.2 Å². The number of para-hydroxylation sites is 1. The molecule has 0 bridgehead atoms. The van der Waals surface area contributed by atoms with Crippen LogP contribution >= 0.6 is 22.7 Å². The Balaban J connectivity index is 1.24. The van der Waals surface area contributed by atoms with Crippen molar-refractivity contribution in [3.63, 3.8) is 0 Å². The molecule has 0 aliphatic rings. The van der Waals surface area contributed by atoms with E-state index in [-0.39, 0.29) is 36.6 Å². The molecule has 5 aromatic rings. The van der Waals surface area contributed by atoms with Crippen LogP contribution in [-0.4, -0.2) is 52.2 Å². The molecule has 0 unspecified atom stereocenters. The maximum atomic E-state index is 13.2. The van der Waals surface area contributed by atoms with E-state index in [1.165, 1.54) is 22.2 Å². The number of hydrogen-bond donors (Lipinski definition) is 1. The number of nitrogens with one attached hydrogen (secondary N) is 1. The van der Waals surface area contributed by atoms with Crippen molar-refractivity contribution < 1.29 is 28.6 Å². The smallest absolute Gasteiger partial charge is 0.348 e. The maximum Gasteiger partial charge on any atom is 0.348 e. The second-order valence-corrected chi connectivity index (χ2v) is 10.7. The van der Waals surface area contributed by atoms with Crippen LogP contribution in [0.4, 0.5) is 5.13 Å². The fraction of sp³-hybridized carbons (Fsp3) is 0.214. The molecule has 5 rings (SSSR count). The van der Waals surface area contributed by atoms with Gasteiger partial charge in [-0.2, -0.15) is 0 Å². The summed E-state index contributed by atoms with van der Waals surface area (Å²) in [5.74, 6) is -0.828. The molecule has 210 valence electrons. The van der Waals surface area contributed by atoms with Crippen molar-refractivity contribution in [3.8, 4) is 5.75 Å². The second kappa shape index (κ2) is 12.3. The Morgan fingerprint density at radius 3 is 2.59 bits per heavy atom. The third kappa shape index (κ3) is 6.26. The number of rotatable bonds is 10. The van der Waals surface area contributed by atoms with Crippen molar-refractivity contribution in [3.05, 3.63) is 81.2 Å². The number of hydrogen-bond acceptors (Lipinski definition) is 11. The van der Waals surface area contributed by atoms with Crippen molar-refractivity contribution in [1.82, 2.24) is 14.5 Å². The summed E-state index contributed by atoms with van der Waals surface area (Å²) in [6, 6.07) is 14.1. The molecule has 1 amide bonds. The van der Waals surface area contributed by atoms with Crippen LogP contribution in [0.25, 0.3) is 20.4 Å². The highest BCUT2D eigenvalue weighted by Gasteiger charge is 2.21. The molecule has 0 spiro atoms. The van der Waals surface area contributed by atoms with Crippen LogP contribution < -0.4 is 15.6 Å². The third-order valence-corrected chi connectivity index (χ3v) is 8.00. The average Bonchev–Trinajstić information content (AvgIpc) is 3.53. The number of aryl methyl sites for hydroxylation is 1. The zero-order valence-electron chi connectivity index (χ0n) is 22.0. The monoisotopic (exact) mass is 592 g/mol. The number of thiophene rings is 1. The van der Waals surface area contributed by atoms with Crippen LogP contribution in [0.1, 0.15) is 32.5 Å². The first-order valence-corrected chi connectivity index (χ1v) is 14.2. The predicted octanol–water partition coefficient (Wildman–Crippen LogP) is 4.43. The first-order valence-electron chi connectivity index (χ1n) is 12.5. The lowest BCUT2D eigenvalue weighted by Crippen LogP contribution is -2.27. The lowest BCUT2D eigenvalue weighted by Gasteiger charge is -2.07. The predicted molar refractivity (Wildman–Crippen MR) is 155 cm³/mol.